The molecule has 1 heterocycles. The monoisotopic (exact) mass is 290 g/mol. The minimum atomic E-state index is -0.629. The molecule has 0 saturated carbocycles. The second-order valence-electron chi connectivity index (χ2n) is 3.95. The van der Waals surface area contributed by atoms with Gasteiger partial charge in [0, 0.05) is 25.8 Å². The molecule has 0 aromatic heterocycles. The Balaban J connectivity index is 2.35. The molecule has 1 aliphatic heterocycles. The normalized spacial score (nSPS) is 22.5. The van der Waals surface area contributed by atoms with Gasteiger partial charge >= 0.3 is 5.97 Å². The van der Waals surface area contributed by atoms with Crippen LogP contribution in [0.25, 0.3) is 0 Å². The SMILES string of the molecule is COCCNC(=O)C[C@H]1SC[C@@H](C(=O)OC)NC1=O. The summed E-state index contributed by atoms with van der Waals surface area (Å²) < 4.78 is 9.37. The first-order chi connectivity index (χ1) is 9.08. The van der Waals surface area contributed by atoms with Crippen molar-refractivity contribution >= 4 is 29.5 Å². The second kappa shape index (κ2) is 8.00. The summed E-state index contributed by atoms with van der Waals surface area (Å²) in [5, 5.41) is 4.73. The van der Waals surface area contributed by atoms with Gasteiger partial charge in [-0.25, -0.2) is 4.79 Å². The summed E-state index contributed by atoms with van der Waals surface area (Å²) in [6.07, 6.45) is 0.0914. The van der Waals surface area contributed by atoms with E-state index in [0.29, 0.717) is 18.9 Å². The minimum Gasteiger partial charge on any atom is -0.467 e. The van der Waals surface area contributed by atoms with Gasteiger partial charge in [0.15, 0.2) is 0 Å². The molecule has 19 heavy (non-hydrogen) atoms. The third kappa shape index (κ3) is 5.07. The fourth-order valence-electron chi connectivity index (χ4n) is 1.55. The van der Waals surface area contributed by atoms with Gasteiger partial charge in [-0.15, -0.1) is 11.8 Å². The Morgan fingerprint density at radius 1 is 1.47 bits per heavy atom. The quantitative estimate of drug-likeness (QED) is 0.477. The molecular formula is C11H18N2O5S. The number of ether oxygens (including phenoxy) is 2. The average molecular weight is 290 g/mol. The van der Waals surface area contributed by atoms with Crippen LogP contribution in [0.5, 0.6) is 0 Å². The van der Waals surface area contributed by atoms with Crippen LogP contribution >= 0.6 is 11.8 Å². The number of rotatable bonds is 6. The van der Waals surface area contributed by atoms with E-state index in [2.05, 4.69) is 15.4 Å². The summed E-state index contributed by atoms with van der Waals surface area (Å²) in [5.41, 5.74) is 0. The molecule has 1 rings (SSSR count). The largest absolute Gasteiger partial charge is 0.467 e. The van der Waals surface area contributed by atoms with Crippen molar-refractivity contribution in [3.63, 3.8) is 0 Å². The van der Waals surface area contributed by atoms with Gasteiger partial charge < -0.3 is 20.1 Å². The van der Waals surface area contributed by atoms with Gasteiger partial charge in [-0.3, -0.25) is 9.59 Å². The van der Waals surface area contributed by atoms with E-state index in [9.17, 15) is 14.4 Å². The molecule has 0 unspecified atom stereocenters. The Bertz CT molecular complexity index is 350. The predicted octanol–water partition coefficient (Wildman–Crippen LogP) is -1.09. The van der Waals surface area contributed by atoms with Crippen molar-refractivity contribution in [1.82, 2.24) is 10.6 Å². The number of esters is 1. The maximum atomic E-state index is 11.7. The Kier molecular flexibility index (Phi) is 6.65. The Morgan fingerprint density at radius 3 is 2.79 bits per heavy atom. The molecular weight excluding hydrogens is 272 g/mol. The molecule has 0 aromatic rings. The number of carbonyl (C=O) groups excluding carboxylic acids is 3. The molecule has 0 aliphatic carbocycles. The molecule has 2 amide bonds. The van der Waals surface area contributed by atoms with Gasteiger partial charge in [-0.1, -0.05) is 0 Å². The molecule has 0 aromatic carbocycles. The topological polar surface area (TPSA) is 93.7 Å². The first kappa shape index (κ1) is 15.8. The maximum absolute atomic E-state index is 11.7. The highest BCUT2D eigenvalue weighted by atomic mass is 32.2. The van der Waals surface area contributed by atoms with E-state index in [0.717, 1.165) is 0 Å². The first-order valence-corrected chi connectivity index (χ1v) is 6.88. The number of methoxy groups -OCH3 is 2. The van der Waals surface area contributed by atoms with E-state index in [1.165, 1.54) is 18.9 Å². The highest BCUT2D eigenvalue weighted by Crippen LogP contribution is 2.21. The standard InChI is InChI=1S/C11H18N2O5S/c1-17-4-3-12-9(14)5-8-10(15)13-7(6-19-8)11(16)18-2/h7-8H,3-6H2,1-2H3,(H,12,14)(H,13,15)/t7-,8+/m0/s1. The Morgan fingerprint density at radius 2 is 2.21 bits per heavy atom. The lowest BCUT2D eigenvalue weighted by Gasteiger charge is -2.26. The van der Waals surface area contributed by atoms with Crippen LogP contribution in [-0.2, 0) is 23.9 Å². The Labute approximate surface area is 115 Å². The van der Waals surface area contributed by atoms with Crippen molar-refractivity contribution in [2.24, 2.45) is 0 Å². The Hall–Kier alpha value is -1.28. The fourth-order valence-corrected chi connectivity index (χ4v) is 2.68. The summed E-state index contributed by atoms with van der Waals surface area (Å²) in [6.45, 7) is 0.847. The van der Waals surface area contributed by atoms with E-state index >= 15 is 0 Å². The van der Waals surface area contributed by atoms with Gasteiger partial charge in [0.25, 0.3) is 0 Å². The van der Waals surface area contributed by atoms with E-state index in [4.69, 9.17) is 4.74 Å². The summed E-state index contributed by atoms with van der Waals surface area (Å²) in [6, 6.07) is -0.629. The van der Waals surface area contributed by atoms with E-state index in [-0.39, 0.29) is 18.2 Å². The molecule has 108 valence electrons. The van der Waals surface area contributed by atoms with Gasteiger partial charge in [-0.05, 0) is 0 Å². The lowest BCUT2D eigenvalue weighted by molar-refractivity contribution is -0.144. The number of hydrogen-bond acceptors (Lipinski definition) is 6. The highest BCUT2D eigenvalue weighted by Gasteiger charge is 2.33. The third-order valence-corrected chi connectivity index (χ3v) is 3.87. The van der Waals surface area contributed by atoms with Gasteiger partial charge in [-0.2, -0.15) is 0 Å². The lowest BCUT2D eigenvalue weighted by atomic mass is 10.2. The summed E-state index contributed by atoms with van der Waals surface area (Å²) >= 11 is 1.29. The highest BCUT2D eigenvalue weighted by molar-refractivity contribution is 8.00. The number of hydrogen-bond donors (Lipinski definition) is 2. The lowest BCUT2D eigenvalue weighted by Crippen LogP contribution is -2.51. The van der Waals surface area contributed by atoms with Gasteiger partial charge in [0.05, 0.1) is 19.0 Å². The van der Waals surface area contributed by atoms with Crippen LogP contribution in [0.15, 0.2) is 0 Å². The molecule has 2 atom stereocenters. The van der Waals surface area contributed by atoms with E-state index < -0.39 is 17.3 Å². The molecule has 1 aliphatic rings. The minimum absolute atomic E-state index is 0.0914. The molecule has 1 fully saturated rings. The molecule has 0 radical (unpaired) electrons. The van der Waals surface area contributed by atoms with Crippen molar-refractivity contribution in [2.75, 3.05) is 33.1 Å². The van der Waals surface area contributed by atoms with Crippen molar-refractivity contribution in [3.8, 4) is 0 Å². The number of thioether (sulfide) groups is 1. The van der Waals surface area contributed by atoms with Gasteiger partial charge in [0.2, 0.25) is 11.8 Å². The van der Waals surface area contributed by atoms with Gasteiger partial charge in [0.1, 0.15) is 6.04 Å². The van der Waals surface area contributed by atoms with Crippen molar-refractivity contribution in [3.05, 3.63) is 0 Å². The summed E-state index contributed by atoms with van der Waals surface area (Å²) in [7, 11) is 2.82. The zero-order valence-electron chi connectivity index (χ0n) is 10.9. The molecule has 0 spiro atoms. The van der Waals surface area contributed by atoms with Crippen LogP contribution in [0.3, 0.4) is 0 Å². The van der Waals surface area contributed by atoms with Crippen molar-refractivity contribution in [2.45, 2.75) is 17.7 Å². The van der Waals surface area contributed by atoms with Crippen LogP contribution in [0.1, 0.15) is 6.42 Å². The first-order valence-electron chi connectivity index (χ1n) is 5.84. The van der Waals surface area contributed by atoms with Crippen LogP contribution in [-0.4, -0.2) is 62.2 Å². The molecule has 1 saturated heterocycles. The zero-order chi connectivity index (χ0) is 14.3. The summed E-state index contributed by atoms with van der Waals surface area (Å²) in [4.78, 5) is 34.6. The van der Waals surface area contributed by atoms with Crippen molar-refractivity contribution in [1.29, 1.82) is 0 Å². The van der Waals surface area contributed by atoms with Crippen molar-refractivity contribution < 1.29 is 23.9 Å². The molecule has 8 heteroatoms. The van der Waals surface area contributed by atoms with E-state index in [1.54, 1.807) is 7.11 Å². The smallest absolute Gasteiger partial charge is 0.329 e. The zero-order valence-corrected chi connectivity index (χ0v) is 11.7. The average Bonchev–Trinajstić information content (AvgIpc) is 2.40. The number of amides is 2. The van der Waals surface area contributed by atoms with Crippen LogP contribution in [0.2, 0.25) is 0 Å². The molecule has 7 nitrogen and oxygen atoms in total. The number of carbonyl (C=O) groups is 3. The predicted molar refractivity (Wildman–Crippen MR) is 69.7 cm³/mol. The third-order valence-electron chi connectivity index (χ3n) is 2.56. The summed E-state index contributed by atoms with van der Waals surface area (Å²) in [5.74, 6) is -0.576. The van der Waals surface area contributed by atoms with Crippen LogP contribution in [0.4, 0.5) is 0 Å². The fraction of sp³-hybridized carbons (Fsp3) is 0.727. The van der Waals surface area contributed by atoms with Crippen LogP contribution < -0.4 is 10.6 Å². The molecule has 2 N–H and O–H groups in total. The van der Waals surface area contributed by atoms with E-state index in [1.807, 2.05) is 0 Å². The van der Waals surface area contributed by atoms with Crippen LogP contribution in [0, 0.1) is 0 Å². The second-order valence-corrected chi connectivity index (χ2v) is 5.19. The maximum Gasteiger partial charge on any atom is 0.329 e. The number of nitrogens with one attached hydrogen (secondary N) is 2. The molecule has 0 bridgehead atoms.